The summed E-state index contributed by atoms with van der Waals surface area (Å²) < 4.78 is 32.4. The zero-order valence-corrected chi connectivity index (χ0v) is 12.0. The Morgan fingerprint density at radius 2 is 1.67 bits per heavy atom. The lowest BCUT2D eigenvalue weighted by Crippen LogP contribution is -2.21. The zero-order valence-electron chi connectivity index (χ0n) is 10.4. The van der Waals surface area contributed by atoms with Crippen LogP contribution in [0.25, 0.3) is 0 Å². The number of unbranched alkanes of at least 4 members (excludes halogenated alkanes) is 3. The molecule has 0 bridgehead atoms. The summed E-state index contributed by atoms with van der Waals surface area (Å²) in [7, 11) is 0. The second kappa shape index (κ2) is 8.59. The Labute approximate surface area is 116 Å². The Bertz CT molecular complexity index is 317. The van der Waals surface area contributed by atoms with E-state index >= 15 is 0 Å². The van der Waals surface area contributed by atoms with Crippen molar-refractivity contribution in [3.8, 4) is 0 Å². The molecule has 0 aliphatic carbocycles. The van der Waals surface area contributed by atoms with Crippen LogP contribution in [0.3, 0.4) is 0 Å². The molecule has 0 fully saturated rings. The monoisotopic (exact) mass is 320 g/mol. The number of hydrogen-bond donors (Lipinski definition) is 0. The first-order chi connectivity index (χ1) is 8.67. The first-order valence-electron chi connectivity index (χ1n) is 6.24. The molecule has 0 amide bonds. The van der Waals surface area contributed by atoms with Crippen molar-refractivity contribution in [1.82, 2.24) is 0 Å². The SMILES string of the molecule is FC(F)(COCCCCCCBr)c1ccccc1. The van der Waals surface area contributed by atoms with Gasteiger partial charge in [-0.25, -0.2) is 0 Å². The number of halogens is 3. The Morgan fingerprint density at radius 1 is 1.00 bits per heavy atom. The van der Waals surface area contributed by atoms with Crippen molar-refractivity contribution in [1.29, 1.82) is 0 Å². The third kappa shape index (κ3) is 5.91. The molecule has 1 aromatic carbocycles. The molecule has 1 aromatic rings. The molecule has 0 radical (unpaired) electrons. The van der Waals surface area contributed by atoms with Crippen LogP contribution < -0.4 is 0 Å². The fraction of sp³-hybridized carbons (Fsp3) is 0.571. The largest absolute Gasteiger partial charge is 0.375 e. The quantitative estimate of drug-likeness (QED) is 0.471. The topological polar surface area (TPSA) is 9.23 Å². The van der Waals surface area contributed by atoms with Crippen LogP contribution >= 0.6 is 15.9 Å². The zero-order chi connectivity index (χ0) is 13.3. The van der Waals surface area contributed by atoms with Gasteiger partial charge in [-0.15, -0.1) is 0 Å². The van der Waals surface area contributed by atoms with E-state index in [0.717, 1.165) is 31.0 Å². The number of hydrogen-bond acceptors (Lipinski definition) is 1. The van der Waals surface area contributed by atoms with E-state index in [9.17, 15) is 8.78 Å². The Morgan fingerprint density at radius 3 is 2.33 bits per heavy atom. The number of benzene rings is 1. The van der Waals surface area contributed by atoms with Crippen LogP contribution in [-0.2, 0) is 10.7 Å². The lowest BCUT2D eigenvalue weighted by molar-refractivity contribution is -0.0831. The van der Waals surface area contributed by atoms with E-state index in [1.54, 1.807) is 18.2 Å². The molecule has 0 atom stereocenters. The van der Waals surface area contributed by atoms with E-state index < -0.39 is 12.5 Å². The highest BCUT2D eigenvalue weighted by Gasteiger charge is 2.31. The van der Waals surface area contributed by atoms with Gasteiger partial charge in [0.25, 0.3) is 5.92 Å². The molecule has 0 spiro atoms. The molecule has 0 N–H and O–H groups in total. The Balaban J connectivity index is 2.18. The molecule has 0 unspecified atom stereocenters. The fourth-order valence-corrected chi connectivity index (χ4v) is 2.01. The number of rotatable bonds is 9. The minimum Gasteiger partial charge on any atom is -0.375 e. The average molecular weight is 321 g/mol. The molecule has 0 aliphatic rings. The summed E-state index contributed by atoms with van der Waals surface area (Å²) in [6.07, 6.45) is 4.12. The van der Waals surface area contributed by atoms with Gasteiger partial charge in [0.15, 0.2) is 0 Å². The van der Waals surface area contributed by atoms with Gasteiger partial charge in [-0.3, -0.25) is 0 Å². The van der Waals surface area contributed by atoms with Gasteiger partial charge in [-0.2, -0.15) is 8.78 Å². The van der Waals surface area contributed by atoms with Crippen molar-refractivity contribution in [3.63, 3.8) is 0 Å². The van der Waals surface area contributed by atoms with E-state index in [2.05, 4.69) is 15.9 Å². The molecule has 1 rings (SSSR count). The second-order valence-corrected chi connectivity index (χ2v) is 5.02. The van der Waals surface area contributed by atoms with Crippen LogP contribution in [0.5, 0.6) is 0 Å². The average Bonchev–Trinajstić information content (AvgIpc) is 2.39. The smallest absolute Gasteiger partial charge is 0.296 e. The van der Waals surface area contributed by atoms with Crippen molar-refractivity contribution in [3.05, 3.63) is 35.9 Å². The summed E-state index contributed by atoms with van der Waals surface area (Å²) in [6.45, 7) is -0.125. The highest BCUT2D eigenvalue weighted by Crippen LogP contribution is 2.27. The van der Waals surface area contributed by atoms with Crippen LogP contribution in [0.4, 0.5) is 8.78 Å². The molecule has 0 saturated heterocycles. The van der Waals surface area contributed by atoms with E-state index in [1.807, 2.05) is 0 Å². The molecule has 0 saturated carbocycles. The van der Waals surface area contributed by atoms with Crippen LogP contribution in [0.2, 0.25) is 0 Å². The van der Waals surface area contributed by atoms with Gasteiger partial charge in [0.05, 0.1) is 0 Å². The van der Waals surface area contributed by atoms with Crippen molar-refractivity contribution in [2.45, 2.75) is 31.6 Å². The van der Waals surface area contributed by atoms with E-state index in [1.165, 1.54) is 12.1 Å². The van der Waals surface area contributed by atoms with Crippen molar-refractivity contribution >= 4 is 15.9 Å². The number of alkyl halides is 3. The lowest BCUT2D eigenvalue weighted by Gasteiger charge is -2.16. The molecule has 0 aliphatic heterocycles. The molecule has 18 heavy (non-hydrogen) atoms. The standard InChI is InChI=1S/C14H19BrF2O/c15-10-6-1-2-7-11-18-12-14(16,17)13-8-4-3-5-9-13/h3-5,8-9H,1-2,6-7,10-12H2. The Kier molecular flexibility index (Phi) is 7.44. The maximum absolute atomic E-state index is 13.7. The fourth-order valence-electron chi connectivity index (χ4n) is 1.62. The van der Waals surface area contributed by atoms with Crippen LogP contribution in [-0.4, -0.2) is 18.5 Å². The highest BCUT2D eigenvalue weighted by atomic mass is 79.9. The van der Waals surface area contributed by atoms with Gasteiger partial charge < -0.3 is 4.74 Å². The third-order valence-corrected chi connectivity index (χ3v) is 3.21. The summed E-state index contributed by atoms with van der Waals surface area (Å²) in [5, 5.41) is 1.000. The molecule has 102 valence electrons. The van der Waals surface area contributed by atoms with Gasteiger partial charge in [0.2, 0.25) is 0 Å². The molecule has 0 heterocycles. The van der Waals surface area contributed by atoms with Gasteiger partial charge in [0, 0.05) is 17.5 Å². The van der Waals surface area contributed by atoms with E-state index in [-0.39, 0.29) is 5.56 Å². The first kappa shape index (κ1) is 15.6. The molecule has 0 aromatic heterocycles. The van der Waals surface area contributed by atoms with Crippen LogP contribution in [0.15, 0.2) is 30.3 Å². The summed E-state index contributed by atoms with van der Waals surface area (Å²) in [5.74, 6) is -2.89. The molecular formula is C14H19BrF2O. The maximum atomic E-state index is 13.7. The predicted molar refractivity (Wildman–Crippen MR) is 73.4 cm³/mol. The highest BCUT2D eigenvalue weighted by molar-refractivity contribution is 9.09. The van der Waals surface area contributed by atoms with E-state index in [0.29, 0.717) is 6.61 Å². The number of ether oxygens (including phenoxy) is 1. The van der Waals surface area contributed by atoms with Gasteiger partial charge in [-0.1, -0.05) is 59.1 Å². The van der Waals surface area contributed by atoms with Crippen LogP contribution in [0.1, 0.15) is 31.2 Å². The van der Waals surface area contributed by atoms with E-state index in [4.69, 9.17) is 4.74 Å². The minimum absolute atomic E-state index is 0.0179. The summed E-state index contributed by atoms with van der Waals surface area (Å²) in [4.78, 5) is 0. The molecule has 4 heteroatoms. The summed E-state index contributed by atoms with van der Waals surface area (Å²) in [5.41, 5.74) is 0.0179. The van der Waals surface area contributed by atoms with Gasteiger partial charge in [-0.05, 0) is 12.8 Å². The van der Waals surface area contributed by atoms with Crippen molar-refractivity contribution < 1.29 is 13.5 Å². The molecular weight excluding hydrogens is 302 g/mol. The lowest BCUT2D eigenvalue weighted by atomic mass is 10.1. The normalized spacial score (nSPS) is 11.7. The van der Waals surface area contributed by atoms with Gasteiger partial charge >= 0.3 is 0 Å². The Hall–Kier alpha value is -0.480. The summed E-state index contributed by atoms with van der Waals surface area (Å²) in [6, 6.07) is 7.82. The first-order valence-corrected chi connectivity index (χ1v) is 7.36. The summed E-state index contributed by atoms with van der Waals surface area (Å²) >= 11 is 3.35. The van der Waals surface area contributed by atoms with Crippen molar-refractivity contribution in [2.24, 2.45) is 0 Å². The minimum atomic E-state index is -2.89. The van der Waals surface area contributed by atoms with Crippen molar-refractivity contribution in [2.75, 3.05) is 18.5 Å². The maximum Gasteiger partial charge on any atom is 0.296 e. The second-order valence-electron chi connectivity index (χ2n) is 4.23. The third-order valence-electron chi connectivity index (χ3n) is 2.65. The van der Waals surface area contributed by atoms with Gasteiger partial charge in [0.1, 0.15) is 6.61 Å². The van der Waals surface area contributed by atoms with Crippen LogP contribution in [0, 0.1) is 0 Å². The predicted octanol–water partition coefficient (Wildman–Crippen LogP) is 4.75. The molecule has 1 nitrogen and oxygen atoms in total.